The Balaban J connectivity index is 1.70. The molecule has 1 N–H and O–H groups in total. The highest BCUT2D eigenvalue weighted by Gasteiger charge is 2.20. The second-order valence-corrected chi connectivity index (χ2v) is 8.54. The summed E-state index contributed by atoms with van der Waals surface area (Å²) in [4.78, 5) is 12.5. The lowest BCUT2D eigenvalue weighted by atomic mass is 10.1. The molecule has 3 rings (SSSR count). The third-order valence-electron chi connectivity index (χ3n) is 4.30. The van der Waals surface area contributed by atoms with Crippen LogP contribution in [0.15, 0.2) is 41.3 Å². The minimum Gasteiger partial charge on any atom is -0.495 e. The van der Waals surface area contributed by atoms with Gasteiger partial charge in [-0.05, 0) is 42.3 Å². The topological polar surface area (TPSA) is 94.2 Å². The number of carbonyl (C=O) groups excluding carboxylic acids is 1. The fraction of sp³-hybridized carbons (Fsp3) is 0.316. The summed E-state index contributed by atoms with van der Waals surface area (Å²) >= 11 is 0. The van der Waals surface area contributed by atoms with Crippen molar-refractivity contribution in [2.45, 2.75) is 17.7 Å². The Bertz CT molecular complexity index is 988. The van der Waals surface area contributed by atoms with Crippen LogP contribution in [0.4, 0.5) is 5.69 Å². The van der Waals surface area contributed by atoms with E-state index >= 15 is 0 Å². The first-order chi connectivity index (χ1) is 13.3. The molecule has 150 valence electrons. The Morgan fingerprint density at radius 1 is 1.14 bits per heavy atom. The van der Waals surface area contributed by atoms with Crippen LogP contribution in [0.3, 0.4) is 0 Å². The van der Waals surface area contributed by atoms with Crippen molar-refractivity contribution in [2.75, 3.05) is 33.3 Å². The van der Waals surface area contributed by atoms with E-state index in [4.69, 9.17) is 14.2 Å². The van der Waals surface area contributed by atoms with Crippen molar-refractivity contribution in [3.63, 3.8) is 0 Å². The van der Waals surface area contributed by atoms with Gasteiger partial charge in [0.25, 0.3) is 0 Å². The van der Waals surface area contributed by atoms with Crippen LogP contribution in [0.1, 0.15) is 12.0 Å². The van der Waals surface area contributed by atoms with Gasteiger partial charge >= 0.3 is 0 Å². The summed E-state index contributed by atoms with van der Waals surface area (Å²) in [6.45, 7) is 0.200. The highest BCUT2D eigenvalue weighted by Crippen LogP contribution is 2.33. The van der Waals surface area contributed by atoms with Crippen LogP contribution < -0.4 is 19.5 Å². The molecule has 1 aliphatic rings. The number of sulfonamides is 1. The highest BCUT2D eigenvalue weighted by molar-refractivity contribution is 7.89. The maximum atomic E-state index is 12.4. The number of fused-ring (bicyclic) bond motifs is 1. The Labute approximate surface area is 164 Å². The van der Waals surface area contributed by atoms with Crippen molar-refractivity contribution in [3.05, 3.63) is 42.0 Å². The fourth-order valence-corrected chi connectivity index (χ4v) is 3.65. The quantitative estimate of drug-likeness (QED) is 0.758. The Kier molecular flexibility index (Phi) is 5.76. The summed E-state index contributed by atoms with van der Waals surface area (Å²) in [6, 6.07) is 9.90. The molecule has 0 saturated carbocycles. The fourth-order valence-electron chi connectivity index (χ4n) is 2.72. The predicted molar refractivity (Wildman–Crippen MR) is 103 cm³/mol. The molecule has 0 radical (unpaired) electrons. The van der Waals surface area contributed by atoms with E-state index in [9.17, 15) is 13.2 Å². The minimum atomic E-state index is -3.62. The predicted octanol–water partition coefficient (Wildman–Crippen LogP) is 2.25. The molecule has 2 aromatic rings. The normalized spacial score (nSPS) is 12.9. The van der Waals surface area contributed by atoms with E-state index in [0.717, 1.165) is 9.87 Å². The van der Waals surface area contributed by atoms with Crippen molar-refractivity contribution in [1.82, 2.24) is 4.31 Å². The minimum absolute atomic E-state index is 0.0735. The summed E-state index contributed by atoms with van der Waals surface area (Å²) < 4.78 is 41.6. The molecular formula is C19H22N2O6S. The lowest BCUT2D eigenvalue weighted by Gasteiger charge is -2.15. The van der Waals surface area contributed by atoms with Crippen molar-refractivity contribution in [3.8, 4) is 17.2 Å². The van der Waals surface area contributed by atoms with Crippen LogP contribution in [0, 0.1) is 0 Å². The monoisotopic (exact) mass is 406 g/mol. The summed E-state index contributed by atoms with van der Waals surface area (Å²) in [5.74, 6) is 1.49. The summed E-state index contributed by atoms with van der Waals surface area (Å²) in [5.41, 5.74) is 1.25. The molecule has 9 heteroatoms. The van der Waals surface area contributed by atoms with Gasteiger partial charge in [0.15, 0.2) is 11.5 Å². The van der Waals surface area contributed by atoms with Gasteiger partial charge in [-0.1, -0.05) is 6.07 Å². The van der Waals surface area contributed by atoms with Gasteiger partial charge in [-0.3, -0.25) is 4.79 Å². The zero-order valence-electron chi connectivity index (χ0n) is 15.9. The first-order valence-electron chi connectivity index (χ1n) is 8.60. The van der Waals surface area contributed by atoms with Crippen molar-refractivity contribution >= 4 is 21.6 Å². The summed E-state index contributed by atoms with van der Waals surface area (Å²) in [6.07, 6.45) is 0.716. The molecular weight excluding hydrogens is 384 g/mol. The standard InChI is InChI=1S/C19H22N2O6S/c1-21(2)28(23,24)14-6-8-16(25-3)15(11-14)20-19(22)9-5-13-4-7-17-18(10-13)27-12-26-17/h4,6-8,10-11H,5,9,12H2,1-3H3,(H,20,22). The second kappa shape index (κ2) is 8.07. The number of carbonyl (C=O) groups is 1. The van der Waals surface area contributed by atoms with E-state index in [1.807, 2.05) is 18.2 Å². The molecule has 0 saturated heterocycles. The number of rotatable bonds is 7. The Hall–Kier alpha value is -2.78. The summed E-state index contributed by atoms with van der Waals surface area (Å²) in [7, 11) is 0.731. The third-order valence-corrected chi connectivity index (χ3v) is 6.11. The number of ether oxygens (including phenoxy) is 3. The number of nitrogens with zero attached hydrogens (tertiary/aromatic N) is 1. The second-order valence-electron chi connectivity index (χ2n) is 6.39. The van der Waals surface area contributed by atoms with E-state index in [1.165, 1.54) is 39.4 Å². The van der Waals surface area contributed by atoms with E-state index < -0.39 is 10.0 Å². The average molecular weight is 406 g/mol. The number of aryl methyl sites for hydroxylation is 1. The van der Waals surface area contributed by atoms with E-state index in [1.54, 1.807) is 0 Å². The SMILES string of the molecule is COc1ccc(S(=O)(=O)N(C)C)cc1NC(=O)CCc1ccc2c(c1)OCO2. The molecule has 0 fully saturated rings. The molecule has 1 heterocycles. The lowest BCUT2D eigenvalue weighted by Crippen LogP contribution is -2.22. The number of anilines is 1. The van der Waals surface area contributed by atoms with Crippen LogP contribution in [0.5, 0.6) is 17.2 Å². The molecule has 28 heavy (non-hydrogen) atoms. The molecule has 0 unspecified atom stereocenters. The maximum absolute atomic E-state index is 12.4. The van der Waals surface area contributed by atoms with Gasteiger partial charge < -0.3 is 19.5 Å². The van der Waals surface area contributed by atoms with Crippen LogP contribution in [0.25, 0.3) is 0 Å². The molecule has 0 atom stereocenters. The van der Waals surface area contributed by atoms with Gasteiger partial charge in [-0.2, -0.15) is 0 Å². The number of methoxy groups -OCH3 is 1. The number of nitrogens with one attached hydrogen (secondary N) is 1. The van der Waals surface area contributed by atoms with Crippen molar-refractivity contribution < 1.29 is 27.4 Å². The van der Waals surface area contributed by atoms with E-state index in [0.29, 0.717) is 29.4 Å². The molecule has 2 aromatic carbocycles. The Morgan fingerprint density at radius 3 is 2.61 bits per heavy atom. The maximum Gasteiger partial charge on any atom is 0.242 e. The van der Waals surface area contributed by atoms with Crippen LogP contribution >= 0.6 is 0 Å². The van der Waals surface area contributed by atoms with Gasteiger partial charge in [0.05, 0.1) is 17.7 Å². The van der Waals surface area contributed by atoms with Gasteiger partial charge in [0.1, 0.15) is 5.75 Å². The largest absolute Gasteiger partial charge is 0.495 e. The molecule has 1 amide bonds. The number of benzene rings is 2. The zero-order chi connectivity index (χ0) is 20.3. The third kappa shape index (κ3) is 4.20. The van der Waals surface area contributed by atoms with Crippen LogP contribution in [-0.4, -0.2) is 46.6 Å². The van der Waals surface area contributed by atoms with Crippen molar-refractivity contribution in [1.29, 1.82) is 0 Å². The zero-order valence-corrected chi connectivity index (χ0v) is 16.7. The number of hydrogen-bond donors (Lipinski definition) is 1. The van der Waals surface area contributed by atoms with Gasteiger partial charge in [-0.25, -0.2) is 12.7 Å². The number of amides is 1. The molecule has 8 nitrogen and oxygen atoms in total. The summed E-state index contributed by atoms with van der Waals surface area (Å²) in [5, 5.41) is 2.73. The van der Waals surface area contributed by atoms with Crippen LogP contribution in [-0.2, 0) is 21.2 Å². The van der Waals surface area contributed by atoms with Crippen molar-refractivity contribution in [2.24, 2.45) is 0 Å². The average Bonchev–Trinajstić information content (AvgIpc) is 3.14. The highest BCUT2D eigenvalue weighted by atomic mass is 32.2. The van der Waals surface area contributed by atoms with Gasteiger partial charge in [-0.15, -0.1) is 0 Å². The van der Waals surface area contributed by atoms with Crippen LogP contribution in [0.2, 0.25) is 0 Å². The molecule has 0 bridgehead atoms. The lowest BCUT2D eigenvalue weighted by molar-refractivity contribution is -0.116. The van der Waals surface area contributed by atoms with Gasteiger partial charge in [0, 0.05) is 20.5 Å². The van der Waals surface area contributed by atoms with Gasteiger partial charge in [0.2, 0.25) is 22.7 Å². The molecule has 0 aliphatic carbocycles. The van der Waals surface area contributed by atoms with E-state index in [-0.39, 0.29) is 24.0 Å². The number of hydrogen-bond acceptors (Lipinski definition) is 6. The molecule has 0 spiro atoms. The first-order valence-corrected chi connectivity index (χ1v) is 10.0. The smallest absolute Gasteiger partial charge is 0.242 e. The first kappa shape index (κ1) is 20.0. The van der Waals surface area contributed by atoms with E-state index in [2.05, 4.69) is 5.32 Å². The molecule has 1 aliphatic heterocycles. The Morgan fingerprint density at radius 2 is 1.89 bits per heavy atom. The molecule has 0 aromatic heterocycles.